The van der Waals surface area contributed by atoms with Crippen molar-refractivity contribution in [3.8, 4) is 0 Å². The largest absolute Gasteiger partial charge is 0.476 e. The summed E-state index contributed by atoms with van der Waals surface area (Å²) in [7, 11) is 2.07. The first-order valence-electron chi connectivity index (χ1n) is 5.66. The number of pyridine rings is 1. The summed E-state index contributed by atoms with van der Waals surface area (Å²) in [5.74, 6) is -0.622. The van der Waals surface area contributed by atoms with Gasteiger partial charge in [0.1, 0.15) is 5.82 Å². The molecule has 1 fully saturated rings. The normalized spacial score (nSPS) is 17.7. The number of piperazine rings is 1. The molecule has 7 heteroatoms. The molecule has 2 heterocycles. The Morgan fingerprint density at radius 2 is 2.06 bits per heavy atom. The summed E-state index contributed by atoms with van der Waals surface area (Å²) < 4.78 is 0. The maximum atomic E-state index is 10.9. The topological polar surface area (TPSA) is 68.7 Å². The number of carboxylic acids is 1. The van der Waals surface area contributed by atoms with E-state index in [4.69, 9.17) is 16.7 Å². The third-order valence-corrected chi connectivity index (χ3v) is 3.13. The van der Waals surface area contributed by atoms with Gasteiger partial charge in [-0.3, -0.25) is 0 Å². The van der Waals surface area contributed by atoms with Gasteiger partial charge in [0.25, 0.3) is 0 Å². The van der Waals surface area contributed by atoms with E-state index in [2.05, 4.69) is 22.4 Å². The summed E-state index contributed by atoms with van der Waals surface area (Å²) in [6.07, 6.45) is 0. The molecule has 1 aromatic rings. The molecule has 0 bridgehead atoms. The third-order valence-electron chi connectivity index (χ3n) is 2.82. The number of carbonyl (C=O) groups is 1. The predicted octanol–water partition coefficient (Wildman–Crippen LogP) is 1.01. The fourth-order valence-corrected chi connectivity index (χ4v) is 1.92. The number of nitrogens with one attached hydrogen (secondary N) is 1. The standard InChI is InChI=1S/C11H15ClN4O2/c1-15-4-6-16(7-5-15)14-9-3-2-8(12)10(13-9)11(17)18/h2-3H,4-7H2,1H3,(H,13,14)(H,17,18). The Morgan fingerprint density at radius 3 is 2.67 bits per heavy atom. The van der Waals surface area contributed by atoms with Crippen LogP contribution in [0.3, 0.4) is 0 Å². The van der Waals surface area contributed by atoms with Crippen LogP contribution in [0.25, 0.3) is 0 Å². The molecule has 1 aliphatic rings. The maximum Gasteiger partial charge on any atom is 0.356 e. The van der Waals surface area contributed by atoms with Crippen LogP contribution in [0.5, 0.6) is 0 Å². The average molecular weight is 271 g/mol. The smallest absolute Gasteiger partial charge is 0.356 e. The molecule has 1 aliphatic heterocycles. The van der Waals surface area contributed by atoms with Gasteiger partial charge < -0.3 is 15.4 Å². The second-order valence-electron chi connectivity index (χ2n) is 4.23. The highest BCUT2D eigenvalue weighted by Gasteiger charge is 2.16. The van der Waals surface area contributed by atoms with Gasteiger partial charge in [-0.1, -0.05) is 11.6 Å². The Morgan fingerprint density at radius 1 is 1.39 bits per heavy atom. The van der Waals surface area contributed by atoms with Gasteiger partial charge in [0, 0.05) is 26.2 Å². The van der Waals surface area contributed by atoms with Gasteiger partial charge in [-0.25, -0.2) is 14.8 Å². The molecular weight excluding hydrogens is 256 g/mol. The number of rotatable bonds is 3. The number of hydrogen-bond donors (Lipinski definition) is 2. The van der Waals surface area contributed by atoms with Crippen LogP contribution in [0.1, 0.15) is 10.5 Å². The molecule has 0 amide bonds. The molecule has 6 nitrogen and oxygen atoms in total. The fourth-order valence-electron chi connectivity index (χ4n) is 1.73. The van der Waals surface area contributed by atoms with Crippen LogP contribution in [-0.2, 0) is 0 Å². The zero-order valence-corrected chi connectivity index (χ0v) is 10.8. The number of aromatic carboxylic acids is 1. The van der Waals surface area contributed by atoms with Gasteiger partial charge in [0.15, 0.2) is 5.69 Å². The number of likely N-dealkylation sites (N-methyl/N-ethyl adjacent to an activating group) is 1. The number of nitrogens with zero attached hydrogens (tertiary/aromatic N) is 3. The van der Waals surface area contributed by atoms with Crippen molar-refractivity contribution in [2.24, 2.45) is 0 Å². The first-order chi connectivity index (χ1) is 8.56. The predicted molar refractivity (Wildman–Crippen MR) is 68.9 cm³/mol. The van der Waals surface area contributed by atoms with Crippen LogP contribution < -0.4 is 5.43 Å². The van der Waals surface area contributed by atoms with E-state index in [1.54, 1.807) is 6.07 Å². The quantitative estimate of drug-likeness (QED) is 0.854. The van der Waals surface area contributed by atoms with Crippen LogP contribution in [0.15, 0.2) is 12.1 Å². The van der Waals surface area contributed by atoms with Crippen LogP contribution in [-0.4, -0.2) is 59.2 Å². The summed E-state index contributed by atoms with van der Waals surface area (Å²) >= 11 is 5.76. The van der Waals surface area contributed by atoms with Crippen molar-refractivity contribution in [1.82, 2.24) is 14.9 Å². The van der Waals surface area contributed by atoms with Gasteiger partial charge >= 0.3 is 5.97 Å². The fraction of sp³-hybridized carbons (Fsp3) is 0.455. The van der Waals surface area contributed by atoms with E-state index in [0.29, 0.717) is 5.82 Å². The van der Waals surface area contributed by atoms with E-state index in [1.807, 2.05) is 5.01 Å². The molecule has 0 unspecified atom stereocenters. The minimum atomic E-state index is -1.12. The lowest BCUT2D eigenvalue weighted by atomic mass is 10.3. The lowest BCUT2D eigenvalue weighted by Crippen LogP contribution is -2.47. The Bertz CT molecular complexity index is 447. The maximum absolute atomic E-state index is 10.9. The summed E-state index contributed by atoms with van der Waals surface area (Å²) in [5.41, 5.74) is 2.97. The zero-order valence-electron chi connectivity index (χ0n) is 10.1. The number of carboxylic acid groups (broad SMARTS) is 1. The van der Waals surface area contributed by atoms with Crippen molar-refractivity contribution >= 4 is 23.4 Å². The van der Waals surface area contributed by atoms with E-state index in [1.165, 1.54) is 6.07 Å². The van der Waals surface area contributed by atoms with Gasteiger partial charge in [0.05, 0.1) is 5.02 Å². The molecular formula is C11H15ClN4O2. The summed E-state index contributed by atoms with van der Waals surface area (Å²) in [4.78, 5) is 17.1. The molecule has 0 saturated carbocycles. The summed E-state index contributed by atoms with van der Waals surface area (Å²) in [6, 6.07) is 3.21. The molecule has 0 aliphatic carbocycles. The van der Waals surface area contributed by atoms with E-state index < -0.39 is 5.97 Å². The van der Waals surface area contributed by atoms with Gasteiger partial charge in [-0.15, -0.1) is 0 Å². The molecule has 1 saturated heterocycles. The zero-order chi connectivity index (χ0) is 13.1. The summed E-state index contributed by atoms with van der Waals surface area (Å²) in [6.45, 7) is 3.66. The van der Waals surface area contributed by atoms with Crippen LogP contribution in [0, 0.1) is 0 Å². The van der Waals surface area contributed by atoms with Crippen molar-refractivity contribution in [2.75, 3.05) is 38.7 Å². The molecule has 98 valence electrons. The molecule has 2 N–H and O–H groups in total. The second kappa shape index (κ2) is 5.51. The van der Waals surface area contributed by atoms with E-state index in [9.17, 15) is 4.79 Å². The third kappa shape index (κ3) is 3.10. The average Bonchev–Trinajstić information content (AvgIpc) is 2.34. The Kier molecular flexibility index (Phi) is 4.00. The molecule has 1 aromatic heterocycles. The molecule has 0 spiro atoms. The van der Waals surface area contributed by atoms with Crippen molar-refractivity contribution in [1.29, 1.82) is 0 Å². The van der Waals surface area contributed by atoms with Crippen molar-refractivity contribution in [2.45, 2.75) is 0 Å². The number of hydrogen-bond acceptors (Lipinski definition) is 5. The Hall–Kier alpha value is -1.37. The molecule has 0 atom stereocenters. The highest BCUT2D eigenvalue weighted by Crippen LogP contribution is 2.17. The number of hydrazine groups is 1. The lowest BCUT2D eigenvalue weighted by Gasteiger charge is -2.32. The monoisotopic (exact) mass is 270 g/mol. The minimum Gasteiger partial charge on any atom is -0.476 e. The number of halogens is 1. The summed E-state index contributed by atoms with van der Waals surface area (Å²) in [5, 5.41) is 11.1. The minimum absolute atomic E-state index is 0.129. The lowest BCUT2D eigenvalue weighted by molar-refractivity contribution is 0.0690. The Balaban J connectivity index is 2.05. The molecule has 0 radical (unpaired) electrons. The number of aromatic nitrogens is 1. The van der Waals surface area contributed by atoms with E-state index >= 15 is 0 Å². The van der Waals surface area contributed by atoms with Gasteiger partial charge in [0.2, 0.25) is 0 Å². The second-order valence-corrected chi connectivity index (χ2v) is 4.64. The van der Waals surface area contributed by atoms with Gasteiger partial charge in [-0.2, -0.15) is 0 Å². The van der Waals surface area contributed by atoms with E-state index in [0.717, 1.165) is 26.2 Å². The van der Waals surface area contributed by atoms with Crippen LogP contribution >= 0.6 is 11.6 Å². The van der Waals surface area contributed by atoms with Crippen molar-refractivity contribution in [3.05, 3.63) is 22.8 Å². The number of anilines is 1. The van der Waals surface area contributed by atoms with Crippen molar-refractivity contribution < 1.29 is 9.90 Å². The van der Waals surface area contributed by atoms with E-state index in [-0.39, 0.29) is 10.7 Å². The first kappa shape index (κ1) is 13.1. The Labute approximate surface area is 110 Å². The SMILES string of the molecule is CN1CCN(Nc2ccc(Cl)c(C(=O)O)n2)CC1. The van der Waals surface area contributed by atoms with Crippen molar-refractivity contribution in [3.63, 3.8) is 0 Å². The molecule has 0 aromatic carbocycles. The molecule has 2 rings (SSSR count). The first-order valence-corrected chi connectivity index (χ1v) is 6.04. The van der Waals surface area contributed by atoms with Crippen LogP contribution in [0.2, 0.25) is 5.02 Å². The highest BCUT2D eigenvalue weighted by atomic mass is 35.5. The van der Waals surface area contributed by atoms with Gasteiger partial charge in [-0.05, 0) is 19.2 Å². The highest BCUT2D eigenvalue weighted by molar-refractivity contribution is 6.33. The molecule has 18 heavy (non-hydrogen) atoms. The van der Waals surface area contributed by atoms with Crippen LogP contribution in [0.4, 0.5) is 5.82 Å².